The van der Waals surface area contributed by atoms with Crippen molar-refractivity contribution in [3.63, 3.8) is 0 Å². The fourth-order valence-electron chi connectivity index (χ4n) is 1.92. The molecule has 8 heteroatoms. The number of nitro groups is 1. The fraction of sp³-hybridized carbons (Fsp3) is 0.125. The van der Waals surface area contributed by atoms with Gasteiger partial charge < -0.3 is 10.4 Å². The largest absolute Gasteiger partial charge is 0.502 e. The number of carbonyl (C=O) groups excluding carboxylic acids is 1. The third-order valence-electron chi connectivity index (χ3n) is 3.07. The Morgan fingerprint density at radius 3 is 2.83 bits per heavy atom. The number of phenols is 1. The number of rotatable bonds is 6. The predicted octanol–water partition coefficient (Wildman–Crippen LogP) is 2.17. The molecule has 0 radical (unpaired) electrons. The van der Waals surface area contributed by atoms with Crippen LogP contribution in [-0.2, 0) is 4.79 Å². The van der Waals surface area contributed by atoms with Gasteiger partial charge in [-0.15, -0.1) is 0 Å². The normalized spacial score (nSPS) is 10.5. The molecule has 124 valence electrons. The van der Waals surface area contributed by atoms with Crippen LogP contribution in [0.2, 0.25) is 0 Å². The van der Waals surface area contributed by atoms with Crippen LogP contribution in [0.5, 0.6) is 5.75 Å². The van der Waals surface area contributed by atoms with E-state index in [0.717, 1.165) is 17.3 Å². The molecule has 0 saturated carbocycles. The van der Waals surface area contributed by atoms with Crippen LogP contribution >= 0.6 is 0 Å². The zero-order valence-electron chi connectivity index (χ0n) is 12.9. The highest BCUT2D eigenvalue weighted by atomic mass is 16.6. The molecule has 2 aromatic carbocycles. The molecule has 0 unspecified atom stereocenters. The molecule has 0 heterocycles. The van der Waals surface area contributed by atoms with Gasteiger partial charge >= 0.3 is 5.69 Å². The average Bonchev–Trinajstić information content (AvgIpc) is 2.54. The Hall–Kier alpha value is -3.42. The molecule has 0 aliphatic carbocycles. The lowest BCUT2D eigenvalue weighted by Gasteiger charge is -2.05. The molecular weight excluding hydrogens is 312 g/mol. The highest BCUT2D eigenvalue weighted by Crippen LogP contribution is 2.25. The van der Waals surface area contributed by atoms with Gasteiger partial charge in [-0.1, -0.05) is 12.1 Å². The third-order valence-corrected chi connectivity index (χ3v) is 3.07. The van der Waals surface area contributed by atoms with Crippen molar-refractivity contribution in [1.82, 2.24) is 5.43 Å². The van der Waals surface area contributed by atoms with Crippen LogP contribution in [0.1, 0.15) is 11.1 Å². The summed E-state index contributed by atoms with van der Waals surface area (Å²) in [6.07, 6.45) is 1.26. The standard InChI is InChI=1S/C16H16N4O4/c1-11-3-2-4-13(7-11)17-10-16(22)19-18-9-12-5-6-15(21)14(8-12)20(23)24/h2-9,17,21H,10H2,1H3,(H,19,22). The zero-order valence-corrected chi connectivity index (χ0v) is 12.9. The van der Waals surface area contributed by atoms with Crippen LogP contribution in [0.4, 0.5) is 11.4 Å². The molecule has 1 amide bonds. The van der Waals surface area contributed by atoms with Crippen LogP contribution in [0.3, 0.4) is 0 Å². The minimum Gasteiger partial charge on any atom is -0.502 e. The molecule has 0 spiro atoms. The second-order valence-electron chi connectivity index (χ2n) is 5.02. The Morgan fingerprint density at radius 2 is 2.12 bits per heavy atom. The molecule has 24 heavy (non-hydrogen) atoms. The van der Waals surface area contributed by atoms with E-state index in [-0.39, 0.29) is 12.5 Å². The summed E-state index contributed by atoms with van der Waals surface area (Å²) in [6.45, 7) is 1.99. The first-order valence-corrected chi connectivity index (χ1v) is 7.05. The minimum atomic E-state index is -0.697. The van der Waals surface area contributed by atoms with Gasteiger partial charge in [-0.2, -0.15) is 5.10 Å². The lowest BCUT2D eigenvalue weighted by Crippen LogP contribution is -2.25. The Labute approximate surface area is 138 Å². The Kier molecular flexibility index (Phi) is 5.45. The quantitative estimate of drug-likeness (QED) is 0.427. The van der Waals surface area contributed by atoms with Gasteiger partial charge in [0.25, 0.3) is 5.91 Å². The molecule has 0 aliphatic heterocycles. The summed E-state index contributed by atoms with van der Waals surface area (Å²) in [5.41, 5.74) is 4.17. The Bertz CT molecular complexity index is 789. The molecule has 2 aromatic rings. The van der Waals surface area contributed by atoms with Crippen molar-refractivity contribution in [1.29, 1.82) is 0 Å². The van der Waals surface area contributed by atoms with Crippen molar-refractivity contribution >= 4 is 23.5 Å². The molecule has 2 rings (SSSR count). The maximum Gasteiger partial charge on any atom is 0.311 e. The summed E-state index contributed by atoms with van der Waals surface area (Å²) in [6, 6.07) is 11.4. The van der Waals surface area contributed by atoms with Crippen LogP contribution in [0.25, 0.3) is 0 Å². The average molecular weight is 328 g/mol. The molecule has 0 atom stereocenters. The summed E-state index contributed by atoms with van der Waals surface area (Å²) < 4.78 is 0. The number of hydrogen-bond acceptors (Lipinski definition) is 6. The van der Waals surface area contributed by atoms with Crippen LogP contribution in [0.15, 0.2) is 47.6 Å². The molecule has 0 fully saturated rings. The summed E-state index contributed by atoms with van der Waals surface area (Å²) in [5, 5.41) is 26.8. The third kappa shape index (κ3) is 4.80. The van der Waals surface area contributed by atoms with Crippen molar-refractivity contribution in [2.75, 3.05) is 11.9 Å². The maximum atomic E-state index is 11.7. The molecule has 3 N–H and O–H groups in total. The number of aromatic hydroxyl groups is 1. The number of amides is 1. The zero-order chi connectivity index (χ0) is 17.5. The number of nitro benzene ring substituents is 1. The van der Waals surface area contributed by atoms with E-state index in [1.807, 2.05) is 31.2 Å². The molecule has 0 saturated heterocycles. The molecule has 8 nitrogen and oxygen atoms in total. The number of nitrogens with one attached hydrogen (secondary N) is 2. The van der Waals surface area contributed by atoms with E-state index in [9.17, 15) is 20.0 Å². The van der Waals surface area contributed by atoms with Gasteiger partial charge in [0.15, 0.2) is 5.75 Å². The van der Waals surface area contributed by atoms with E-state index >= 15 is 0 Å². The SMILES string of the molecule is Cc1cccc(NCC(=O)NN=Cc2ccc(O)c([N+](=O)[O-])c2)c1. The molecular formula is C16H16N4O4. The van der Waals surface area contributed by atoms with Crippen molar-refractivity contribution in [2.24, 2.45) is 5.10 Å². The second kappa shape index (κ2) is 7.73. The fourth-order valence-corrected chi connectivity index (χ4v) is 1.92. The second-order valence-corrected chi connectivity index (χ2v) is 5.02. The van der Waals surface area contributed by atoms with Gasteiger partial charge in [-0.05, 0) is 36.8 Å². The first kappa shape index (κ1) is 16.9. The number of nitrogens with zero attached hydrogens (tertiary/aromatic N) is 2. The monoisotopic (exact) mass is 328 g/mol. The van der Waals surface area contributed by atoms with E-state index in [1.54, 1.807) is 0 Å². The lowest BCUT2D eigenvalue weighted by atomic mass is 10.2. The van der Waals surface area contributed by atoms with Crippen molar-refractivity contribution in [3.8, 4) is 5.75 Å². The van der Waals surface area contributed by atoms with Crippen molar-refractivity contribution in [2.45, 2.75) is 6.92 Å². The van der Waals surface area contributed by atoms with E-state index in [2.05, 4.69) is 15.8 Å². The first-order valence-electron chi connectivity index (χ1n) is 7.05. The highest BCUT2D eigenvalue weighted by Gasteiger charge is 2.12. The van der Waals surface area contributed by atoms with Crippen LogP contribution in [0, 0.1) is 17.0 Å². The first-order chi connectivity index (χ1) is 11.5. The van der Waals surface area contributed by atoms with E-state index < -0.39 is 16.4 Å². The number of phenolic OH excluding ortho intramolecular Hbond substituents is 1. The van der Waals surface area contributed by atoms with Gasteiger partial charge in [0, 0.05) is 17.3 Å². The summed E-state index contributed by atoms with van der Waals surface area (Å²) in [5.74, 6) is -0.787. The highest BCUT2D eigenvalue weighted by molar-refractivity contribution is 5.85. The Balaban J connectivity index is 1.88. The number of hydrogen-bond donors (Lipinski definition) is 3. The van der Waals surface area contributed by atoms with Crippen molar-refractivity contribution in [3.05, 3.63) is 63.7 Å². The molecule has 0 bridgehead atoms. The summed E-state index contributed by atoms with van der Waals surface area (Å²) in [7, 11) is 0. The van der Waals surface area contributed by atoms with Crippen LogP contribution < -0.4 is 10.7 Å². The van der Waals surface area contributed by atoms with Gasteiger partial charge in [-0.25, -0.2) is 5.43 Å². The van der Waals surface area contributed by atoms with E-state index in [4.69, 9.17) is 0 Å². The summed E-state index contributed by atoms with van der Waals surface area (Å²) in [4.78, 5) is 21.7. The number of carbonyl (C=O) groups is 1. The van der Waals surface area contributed by atoms with Gasteiger partial charge in [0.2, 0.25) is 0 Å². The van der Waals surface area contributed by atoms with E-state index in [1.165, 1.54) is 18.3 Å². The maximum absolute atomic E-state index is 11.7. The molecule has 0 aromatic heterocycles. The predicted molar refractivity (Wildman–Crippen MR) is 90.2 cm³/mol. The number of benzene rings is 2. The topological polar surface area (TPSA) is 117 Å². The van der Waals surface area contributed by atoms with Gasteiger partial charge in [0.05, 0.1) is 17.7 Å². The Morgan fingerprint density at radius 1 is 1.33 bits per heavy atom. The van der Waals surface area contributed by atoms with E-state index in [0.29, 0.717) is 5.56 Å². The van der Waals surface area contributed by atoms with Crippen molar-refractivity contribution < 1.29 is 14.8 Å². The lowest BCUT2D eigenvalue weighted by molar-refractivity contribution is -0.385. The minimum absolute atomic E-state index is 0.0382. The van der Waals surface area contributed by atoms with Gasteiger partial charge in [-0.3, -0.25) is 14.9 Å². The number of aryl methyl sites for hydroxylation is 1. The summed E-state index contributed by atoms with van der Waals surface area (Å²) >= 11 is 0. The molecule has 0 aliphatic rings. The number of hydrazone groups is 1. The smallest absolute Gasteiger partial charge is 0.311 e. The number of anilines is 1. The van der Waals surface area contributed by atoms with Gasteiger partial charge in [0.1, 0.15) is 0 Å². The van der Waals surface area contributed by atoms with Crippen LogP contribution in [-0.4, -0.2) is 28.7 Å².